The first-order valence-corrected chi connectivity index (χ1v) is 9.60. The molecule has 0 spiro atoms. The number of nitrogens with zero attached hydrogens (tertiary/aromatic N) is 5. The Morgan fingerprint density at radius 2 is 1.84 bits per heavy atom. The molecule has 0 atom stereocenters. The van der Waals surface area contributed by atoms with E-state index in [-0.39, 0.29) is 5.91 Å². The molecule has 1 aliphatic heterocycles. The van der Waals surface area contributed by atoms with Gasteiger partial charge in [0.2, 0.25) is 5.95 Å². The third kappa shape index (κ3) is 4.29. The number of hydrogen-bond donors (Lipinski definition) is 0. The molecule has 1 amide bonds. The highest BCUT2D eigenvalue weighted by Gasteiger charge is 2.26. The van der Waals surface area contributed by atoms with Gasteiger partial charge in [-0.25, -0.2) is 9.97 Å². The molecule has 6 heteroatoms. The van der Waals surface area contributed by atoms with Crippen molar-refractivity contribution >= 4 is 11.9 Å². The molecule has 1 saturated carbocycles. The summed E-state index contributed by atoms with van der Waals surface area (Å²) in [5.41, 5.74) is 1.40. The lowest BCUT2D eigenvalue weighted by molar-refractivity contribution is 0.0753. The normalized spacial score (nSPS) is 20.4. The van der Waals surface area contributed by atoms with Crippen molar-refractivity contribution in [3.8, 4) is 0 Å². The quantitative estimate of drug-likeness (QED) is 0.842. The van der Waals surface area contributed by atoms with Gasteiger partial charge in [0.15, 0.2) is 0 Å². The van der Waals surface area contributed by atoms with Crippen molar-refractivity contribution in [2.45, 2.75) is 51.5 Å². The van der Waals surface area contributed by atoms with Crippen LogP contribution in [0.3, 0.4) is 0 Å². The summed E-state index contributed by atoms with van der Waals surface area (Å²) in [6.45, 7) is 5.64. The Morgan fingerprint density at radius 1 is 1.08 bits per heavy atom. The van der Waals surface area contributed by atoms with Crippen molar-refractivity contribution in [1.29, 1.82) is 0 Å². The average molecular weight is 345 g/mol. The van der Waals surface area contributed by atoms with Crippen LogP contribution in [0.15, 0.2) is 6.20 Å². The molecule has 0 aromatic carbocycles. The Balaban J connectivity index is 1.64. The molecule has 1 saturated heterocycles. The van der Waals surface area contributed by atoms with E-state index < -0.39 is 0 Å². The monoisotopic (exact) mass is 345 g/mol. The number of aromatic nitrogens is 2. The van der Waals surface area contributed by atoms with Crippen molar-refractivity contribution in [1.82, 2.24) is 19.8 Å². The lowest BCUT2D eigenvalue weighted by Gasteiger charge is -2.33. The average Bonchev–Trinajstić information content (AvgIpc) is 2.88. The maximum Gasteiger partial charge on any atom is 0.257 e. The predicted molar refractivity (Wildman–Crippen MR) is 100 cm³/mol. The molecule has 0 unspecified atom stereocenters. The first kappa shape index (κ1) is 18.1. The topological polar surface area (TPSA) is 52.6 Å². The van der Waals surface area contributed by atoms with Crippen LogP contribution in [0.1, 0.15) is 54.6 Å². The van der Waals surface area contributed by atoms with E-state index in [1.54, 1.807) is 6.20 Å². The molecule has 1 aromatic rings. The predicted octanol–water partition coefficient (Wildman–Crippen LogP) is 2.33. The molecule has 1 aromatic heterocycles. The molecule has 138 valence electrons. The molecular weight excluding hydrogens is 314 g/mol. The number of rotatable bonds is 3. The highest BCUT2D eigenvalue weighted by molar-refractivity contribution is 5.95. The number of aryl methyl sites for hydroxylation is 1. The Bertz CT molecular complexity index is 597. The molecule has 1 aliphatic carbocycles. The van der Waals surface area contributed by atoms with Gasteiger partial charge in [0.25, 0.3) is 5.91 Å². The Hall–Kier alpha value is -1.69. The third-order valence-corrected chi connectivity index (χ3v) is 5.51. The summed E-state index contributed by atoms with van der Waals surface area (Å²) in [5, 5.41) is 0. The van der Waals surface area contributed by atoms with Gasteiger partial charge in [-0.3, -0.25) is 9.69 Å². The van der Waals surface area contributed by atoms with Gasteiger partial charge < -0.3 is 9.80 Å². The number of carbonyl (C=O) groups is 1. The maximum atomic E-state index is 13.0. The second kappa shape index (κ2) is 8.13. The summed E-state index contributed by atoms with van der Waals surface area (Å²) in [5.74, 6) is 0.724. The minimum atomic E-state index is 0.0771. The van der Waals surface area contributed by atoms with Gasteiger partial charge in [0, 0.05) is 52.5 Å². The lowest BCUT2D eigenvalue weighted by atomic mass is 9.94. The van der Waals surface area contributed by atoms with E-state index in [0.717, 1.165) is 44.3 Å². The van der Waals surface area contributed by atoms with Gasteiger partial charge in [0.1, 0.15) is 0 Å². The van der Waals surface area contributed by atoms with E-state index in [1.807, 2.05) is 30.8 Å². The van der Waals surface area contributed by atoms with Crippen molar-refractivity contribution in [2.75, 3.05) is 45.2 Å². The van der Waals surface area contributed by atoms with E-state index in [9.17, 15) is 4.79 Å². The van der Waals surface area contributed by atoms with Crippen LogP contribution in [-0.4, -0.2) is 72.0 Å². The summed E-state index contributed by atoms with van der Waals surface area (Å²) < 4.78 is 0. The largest absolute Gasteiger partial charge is 0.347 e. The minimum Gasteiger partial charge on any atom is -0.347 e. The maximum absolute atomic E-state index is 13.0. The fraction of sp³-hybridized carbons (Fsp3) is 0.737. The first-order chi connectivity index (χ1) is 12.1. The summed E-state index contributed by atoms with van der Waals surface area (Å²) in [6.07, 6.45) is 9.50. The highest BCUT2D eigenvalue weighted by atomic mass is 16.2. The van der Waals surface area contributed by atoms with Crippen LogP contribution in [0.4, 0.5) is 5.95 Å². The van der Waals surface area contributed by atoms with Crippen LogP contribution in [0.25, 0.3) is 0 Å². The Morgan fingerprint density at radius 3 is 2.52 bits per heavy atom. The van der Waals surface area contributed by atoms with E-state index in [4.69, 9.17) is 0 Å². The van der Waals surface area contributed by atoms with Gasteiger partial charge >= 0.3 is 0 Å². The second-order valence-corrected chi connectivity index (χ2v) is 7.54. The SMILES string of the molecule is Cc1nc(N(C)C)ncc1C(=O)N1CCCN(C2CCCCC2)CC1. The van der Waals surface area contributed by atoms with Crippen LogP contribution in [0, 0.1) is 6.92 Å². The summed E-state index contributed by atoms with van der Waals surface area (Å²) in [4.78, 5) is 28.2. The summed E-state index contributed by atoms with van der Waals surface area (Å²) >= 11 is 0. The second-order valence-electron chi connectivity index (χ2n) is 7.54. The molecule has 0 bridgehead atoms. The molecule has 6 nitrogen and oxygen atoms in total. The smallest absolute Gasteiger partial charge is 0.257 e. The molecule has 2 fully saturated rings. The third-order valence-electron chi connectivity index (χ3n) is 5.51. The number of amides is 1. The number of anilines is 1. The van der Waals surface area contributed by atoms with Crippen LogP contribution < -0.4 is 4.90 Å². The molecule has 0 N–H and O–H groups in total. The fourth-order valence-electron chi connectivity index (χ4n) is 4.00. The van der Waals surface area contributed by atoms with E-state index >= 15 is 0 Å². The van der Waals surface area contributed by atoms with Crippen LogP contribution in [0.5, 0.6) is 0 Å². The van der Waals surface area contributed by atoms with Gasteiger partial charge in [-0.15, -0.1) is 0 Å². The van der Waals surface area contributed by atoms with E-state index in [0.29, 0.717) is 11.5 Å². The van der Waals surface area contributed by atoms with E-state index in [1.165, 1.54) is 32.1 Å². The molecule has 2 heterocycles. The molecular formula is C19H31N5O. The first-order valence-electron chi connectivity index (χ1n) is 9.60. The van der Waals surface area contributed by atoms with Crippen molar-refractivity contribution in [3.05, 3.63) is 17.5 Å². The van der Waals surface area contributed by atoms with Gasteiger partial charge in [-0.05, 0) is 26.2 Å². The zero-order valence-corrected chi connectivity index (χ0v) is 15.9. The van der Waals surface area contributed by atoms with Crippen molar-refractivity contribution in [2.24, 2.45) is 0 Å². The molecule has 2 aliphatic rings. The molecule has 0 radical (unpaired) electrons. The van der Waals surface area contributed by atoms with Crippen molar-refractivity contribution in [3.63, 3.8) is 0 Å². The fourth-order valence-corrected chi connectivity index (χ4v) is 4.00. The standard InChI is InChI=1S/C19H31N5O/c1-15-17(14-20-19(21-15)22(2)3)18(25)24-11-7-10-23(12-13-24)16-8-5-4-6-9-16/h14,16H,4-13H2,1-3H3. The van der Waals surface area contributed by atoms with Crippen molar-refractivity contribution < 1.29 is 4.79 Å². The zero-order valence-electron chi connectivity index (χ0n) is 15.9. The molecule has 25 heavy (non-hydrogen) atoms. The van der Waals surface area contributed by atoms with E-state index in [2.05, 4.69) is 14.9 Å². The summed E-state index contributed by atoms with van der Waals surface area (Å²) in [7, 11) is 3.82. The van der Waals surface area contributed by atoms with Gasteiger partial charge in [-0.2, -0.15) is 0 Å². The molecule has 3 rings (SSSR count). The zero-order chi connectivity index (χ0) is 17.8. The highest BCUT2D eigenvalue weighted by Crippen LogP contribution is 2.24. The number of carbonyl (C=O) groups excluding carboxylic acids is 1. The minimum absolute atomic E-state index is 0.0771. The number of hydrogen-bond acceptors (Lipinski definition) is 5. The van der Waals surface area contributed by atoms with Crippen LogP contribution >= 0.6 is 0 Å². The summed E-state index contributed by atoms with van der Waals surface area (Å²) in [6, 6.07) is 0.730. The van der Waals surface area contributed by atoms with Crippen LogP contribution in [0.2, 0.25) is 0 Å². The van der Waals surface area contributed by atoms with Gasteiger partial charge in [0.05, 0.1) is 11.3 Å². The lowest BCUT2D eigenvalue weighted by Crippen LogP contribution is -2.40. The van der Waals surface area contributed by atoms with Gasteiger partial charge in [-0.1, -0.05) is 19.3 Å². The van der Waals surface area contributed by atoms with Crippen LogP contribution in [-0.2, 0) is 0 Å². The Kier molecular flexibility index (Phi) is 5.89. The Labute approximate surface area is 151 Å².